The molecular weight excluding hydrogens is 259 g/mol. The smallest absolute Gasteiger partial charge is 0.338 e. The summed E-state index contributed by atoms with van der Waals surface area (Å²) < 4.78 is 13.5. The van der Waals surface area contributed by atoms with Crippen LogP contribution in [0.25, 0.3) is 0 Å². The topological polar surface area (TPSA) is 136 Å². The Balaban J connectivity index is 3.16. The molecule has 0 radical (unpaired) electrons. The van der Waals surface area contributed by atoms with Gasteiger partial charge in [-0.15, -0.1) is 0 Å². The van der Waals surface area contributed by atoms with Crippen LogP contribution in [-0.2, 0) is 0 Å². The number of benzene rings is 1. The van der Waals surface area contributed by atoms with Crippen molar-refractivity contribution in [3.8, 4) is 0 Å². The van der Waals surface area contributed by atoms with Crippen molar-refractivity contribution in [1.29, 1.82) is 0 Å². The summed E-state index contributed by atoms with van der Waals surface area (Å²) in [6.45, 7) is -1.87. The minimum absolute atomic E-state index is 0.0281. The van der Waals surface area contributed by atoms with Crippen molar-refractivity contribution in [2.24, 2.45) is 0 Å². The number of anilines is 2. The average Bonchev–Trinajstić information content (AvgIpc) is 2.39. The molecule has 0 bridgehead atoms. The van der Waals surface area contributed by atoms with Gasteiger partial charge in [0.15, 0.2) is 0 Å². The number of nitrogens with two attached hydrogens (primary N) is 1. The van der Waals surface area contributed by atoms with E-state index >= 15 is 0 Å². The molecule has 0 aliphatic rings. The van der Waals surface area contributed by atoms with Gasteiger partial charge in [0.1, 0.15) is 11.4 Å². The van der Waals surface area contributed by atoms with Crippen LogP contribution >= 0.6 is 0 Å². The Morgan fingerprint density at radius 3 is 2.21 bits per heavy atom. The highest BCUT2D eigenvalue weighted by atomic mass is 19.1. The largest absolute Gasteiger partial charge is 0.478 e. The zero-order valence-corrected chi connectivity index (χ0v) is 9.93. The Morgan fingerprint density at radius 1 is 1.26 bits per heavy atom. The van der Waals surface area contributed by atoms with Crippen molar-refractivity contribution in [3.05, 3.63) is 23.5 Å². The third kappa shape index (κ3) is 3.11. The molecule has 7 nitrogen and oxygen atoms in total. The van der Waals surface area contributed by atoms with E-state index in [4.69, 9.17) is 26.2 Å². The Morgan fingerprint density at radius 2 is 1.79 bits per heavy atom. The lowest BCUT2D eigenvalue weighted by molar-refractivity contribution is 0.0691. The van der Waals surface area contributed by atoms with Crippen LogP contribution in [0, 0.1) is 5.82 Å². The van der Waals surface area contributed by atoms with Crippen LogP contribution in [0.2, 0.25) is 0 Å². The summed E-state index contributed by atoms with van der Waals surface area (Å²) in [5.74, 6) is -2.49. The number of aliphatic hydroxyl groups is 3. The molecule has 7 N–H and O–H groups in total. The molecule has 1 aromatic rings. The molecule has 0 saturated carbocycles. The maximum Gasteiger partial charge on any atom is 0.338 e. The van der Waals surface area contributed by atoms with Crippen LogP contribution in [0.3, 0.4) is 0 Å². The van der Waals surface area contributed by atoms with Crippen LogP contribution in [0.1, 0.15) is 10.4 Å². The van der Waals surface area contributed by atoms with Gasteiger partial charge in [-0.05, 0) is 12.1 Å². The first-order valence-corrected chi connectivity index (χ1v) is 5.32. The fraction of sp³-hybridized carbons (Fsp3) is 0.364. The van der Waals surface area contributed by atoms with Gasteiger partial charge >= 0.3 is 5.97 Å². The monoisotopic (exact) mass is 274 g/mol. The Labute approximate surface area is 108 Å². The fourth-order valence-electron chi connectivity index (χ4n) is 1.42. The normalized spacial score (nSPS) is 11.4. The highest BCUT2D eigenvalue weighted by Crippen LogP contribution is 2.26. The lowest BCUT2D eigenvalue weighted by Gasteiger charge is -2.30. The molecule has 106 valence electrons. The number of hydrogen-bond donors (Lipinski definition) is 6. The molecule has 0 aliphatic carbocycles. The third-order valence-corrected chi connectivity index (χ3v) is 2.68. The van der Waals surface area contributed by atoms with E-state index in [2.05, 4.69) is 5.32 Å². The molecule has 0 fully saturated rings. The van der Waals surface area contributed by atoms with Gasteiger partial charge in [-0.25, -0.2) is 9.18 Å². The van der Waals surface area contributed by atoms with E-state index in [1.165, 1.54) is 0 Å². The van der Waals surface area contributed by atoms with Crippen molar-refractivity contribution < 1.29 is 29.6 Å². The SMILES string of the molecule is Nc1cc(C(=O)O)c(F)cc1NC(CO)(CO)CO. The number of aromatic carboxylic acids is 1. The number of nitrogens with one attached hydrogen (secondary N) is 1. The molecule has 0 aromatic heterocycles. The van der Waals surface area contributed by atoms with E-state index in [1.807, 2.05) is 0 Å². The molecule has 0 saturated heterocycles. The van der Waals surface area contributed by atoms with Crippen LogP contribution in [-0.4, -0.2) is 51.8 Å². The van der Waals surface area contributed by atoms with Crippen LogP contribution in [0.5, 0.6) is 0 Å². The van der Waals surface area contributed by atoms with Gasteiger partial charge in [-0.2, -0.15) is 0 Å². The number of halogens is 1. The molecule has 0 aliphatic heterocycles. The van der Waals surface area contributed by atoms with Crippen molar-refractivity contribution >= 4 is 17.3 Å². The number of carbonyl (C=O) groups is 1. The second kappa shape index (κ2) is 5.83. The molecule has 1 rings (SSSR count). The first-order valence-electron chi connectivity index (χ1n) is 5.32. The van der Waals surface area contributed by atoms with E-state index in [1.54, 1.807) is 0 Å². The third-order valence-electron chi connectivity index (χ3n) is 2.68. The van der Waals surface area contributed by atoms with E-state index in [0.29, 0.717) is 0 Å². The highest BCUT2D eigenvalue weighted by molar-refractivity contribution is 5.90. The molecule has 0 heterocycles. The van der Waals surface area contributed by atoms with Crippen molar-refractivity contribution in [2.75, 3.05) is 30.9 Å². The molecule has 0 spiro atoms. The molecule has 0 amide bonds. The Kier molecular flexibility index (Phi) is 4.65. The Bertz CT molecular complexity index is 468. The summed E-state index contributed by atoms with van der Waals surface area (Å²) in [6.07, 6.45) is 0. The lowest BCUT2D eigenvalue weighted by Crippen LogP contribution is -2.49. The van der Waals surface area contributed by atoms with E-state index < -0.39 is 42.7 Å². The van der Waals surface area contributed by atoms with Gasteiger partial charge in [0.2, 0.25) is 0 Å². The van der Waals surface area contributed by atoms with Crippen molar-refractivity contribution in [3.63, 3.8) is 0 Å². The quantitative estimate of drug-likeness (QED) is 0.375. The number of rotatable bonds is 6. The zero-order chi connectivity index (χ0) is 14.6. The number of aliphatic hydroxyl groups excluding tert-OH is 3. The van der Waals surface area contributed by atoms with Gasteiger partial charge in [0.25, 0.3) is 0 Å². The zero-order valence-electron chi connectivity index (χ0n) is 9.93. The van der Waals surface area contributed by atoms with Crippen LogP contribution in [0.4, 0.5) is 15.8 Å². The summed E-state index contributed by atoms with van der Waals surface area (Å²) in [6, 6.07) is 1.74. The number of nitrogen functional groups attached to an aromatic ring is 1. The number of carboxylic acid groups (broad SMARTS) is 1. The fourth-order valence-corrected chi connectivity index (χ4v) is 1.42. The predicted octanol–water partition coefficient (Wildman–Crippen LogP) is -0.766. The van der Waals surface area contributed by atoms with Crippen LogP contribution < -0.4 is 11.1 Å². The minimum atomic E-state index is -1.48. The van der Waals surface area contributed by atoms with Gasteiger partial charge in [-0.3, -0.25) is 0 Å². The molecule has 0 unspecified atom stereocenters. The van der Waals surface area contributed by atoms with Crippen molar-refractivity contribution in [1.82, 2.24) is 0 Å². The summed E-state index contributed by atoms with van der Waals surface area (Å²) in [4.78, 5) is 10.7. The second-order valence-corrected chi connectivity index (χ2v) is 4.10. The van der Waals surface area contributed by atoms with Gasteiger partial charge in [-0.1, -0.05) is 0 Å². The van der Waals surface area contributed by atoms with Crippen molar-refractivity contribution in [2.45, 2.75) is 5.54 Å². The number of hydrogen-bond acceptors (Lipinski definition) is 6. The number of carboxylic acids is 1. The first kappa shape index (κ1) is 15.2. The lowest BCUT2D eigenvalue weighted by atomic mass is 10.0. The minimum Gasteiger partial charge on any atom is -0.478 e. The van der Waals surface area contributed by atoms with Gasteiger partial charge in [0.05, 0.1) is 36.8 Å². The first-order chi connectivity index (χ1) is 8.89. The summed E-state index contributed by atoms with van der Waals surface area (Å²) in [7, 11) is 0. The summed E-state index contributed by atoms with van der Waals surface area (Å²) >= 11 is 0. The van der Waals surface area contributed by atoms with Crippen LogP contribution in [0.15, 0.2) is 12.1 Å². The summed E-state index contributed by atoms with van der Waals surface area (Å²) in [5.41, 5.74) is 3.38. The van der Waals surface area contributed by atoms with E-state index in [-0.39, 0.29) is 11.4 Å². The highest BCUT2D eigenvalue weighted by Gasteiger charge is 2.29. The average molecular weight is 274 g/mol. The van der Waals surface area contributed by atoms with E-state index in [0.717, 1.165) is 12.1 Å². The van der Waals surface area contributed by atoms with E-state index in [9.17, 15) is 9.18 Å². The standard InChI is InChI=1S/C11H15FN2O5/c12-7-2-9(8(13)1-6(7)10(18)19)14-11(3-15,4-16)5-17/h1-2,14-17H,3-5,13H2,(H,18,19). The molecule has 8 heteroatoms. The molecule has 1 aromatic carbocycles. The van der Waals surface area contributed by atoms with Gasteiger partial charge < -0.3 is 31.5 Å². The molecule has 19 heavy (non-hydrogen) atoms. The van der Waals surface area contributed by atoms with Gasteiger partial charge in [0, 0.05) is 0 Å². The molecule has 0 atom stereocenters. The summed E-state index contributed by atoms with van der Waals surface area (Å²) in [5, 5.41) is 38.6. The maximum atomic E-state index is 13.5. The maximum absolute atomic E-state index is 13.5. The second-order valence-electron chi connectivity index (χ2n) is 4.10. The molecular formula is C11H15FN2O5. The predicted molar refractivity (Wildman–Crippen MR) is 65.4 cm³/mol. The Hall–Kier alpha value is -1.90.